The Balaban J connectivity index is 2.34. The topological polar surface area (TPSA) is 17.1 Å². The number of carbonyl (C=O) groups is 1. The maximum absolute atomic E-state index is 11.9. The molecular formula is C17H10O. The Morgan fingerprint density at radius 2 is 1.61 bits per heavy atom. The van der Waals surface area contributed by atoms with Gasteiger partial charge in [0.25, 0.3) is 0 Å². The number of fused-ring (bicyclic) bond motifs is 2. The smallest absolute Gasteiger partial charge is 0.186 e. The number of carbonyl (C=O) groups excluding carboxylic acids is 1. The van der Waals surface area contributed by atoms with Crippen LogP contribution in [-0.4, -0.2) is 5.78 Å². The SMILES string of the molecule is O=C1C=Cc2c3ccccc3cc3cccc1c23. The molecule has 18 heavy (non-hydrogen) atoms. The molecule has 0 fully saturated rings. The number of ketones is 1. The minimum absolute atomic E-state index is 0.100. The summed E-state index contributed by atoms with van der Waals surface area (Å²) in [4.78, 5) is 11.9. The number of hydrogen-bond acceptors (Lipinski definition) is 1. The highest BCUT2D eigenvalue weighted by atomic mass is 16.1. The molecule has 0 bridgehead atoms. The van der Waals surface area contributed by atoms with E-state index >= 15 is 0 Å². The van der Waals surface area contributed by atoms with E-state index in [1.54, 1.807) is 6.08 Å². The molecule has 3 aromatic rings. The molecule has 1 nitrogen and oxygen atoms in total. The summed E-state index contributed by atoms with van der Waals surface area (Å²) in [5, 5.41) is 4.65. The molecular weight excluding hydrogens is 220 g/mol. The molecule has 0 N–H and O–H groups in total. The standard InChI is InChI=1S/C17H10O/c18-16-9-8-14-13-6-2-1-4-11(13)10-12-5-3-7-15(16)17(12)14/h1-10H. The Bertz CT molecular complexity index is 841. The van der Waals surface area contributed by atoms with Crippen LogP contribution in [0, 0.1) is 0 Å². The van der Waals surface area contributed by atoms with Crippen LogP contribution in [0.1, 0.15) is 15.9 Å². The highest BCUT2D eigenvalue weighted by Gasteiger charge is 2.16. The molecule has 0 heterocycles. The maximum Gasteiger partial charge on any atom is 0.186 e. The molecule has 3 aromatic carbocycles. The number of allylic oxidation sites excluding steroid dienone is 1. The van der Waals surface area contributed by atoms with E-state index in [4.69, 9.17) is 0 Å². The van der Waals surface area contributed by atoms with Crippen LogP contribution in [0.5, 0.6) is 0 Å². The lowest BCUT2D eigenvalue weighted by molar-refractivity contribution is 0.104. The summed E-state index contributed by atoms with van der Waals surface area (Å²) < 4.78 is 0. The van der Waals surface area contributed by atoms with Gasteiger partial charge in [0.15, 0.2) is 5.78 Å². The van der Waals surface area contributed by atoms with E-state index in [2.05, 4.69) is 24.3 Å². The quantitative estimate of drug-likeness (QED) is 0.529. The summed E-state index contributed by atoms with van der Waals surface area (Å²) in [7, 11) is 0. The molecule has 0 saturated heterocycles. The fraction of sp³-hybridized carbons (Fsp3) is 0. The third kappa shape index (κ3) is 1.13. The zero-order valence-electron chi connectivity index (χ0n) is 9.68. The predicted octanol–water partition coefficient (Wildman–Crippen LogP) is 4.20. The van der Waals surface area contributed by atoms with Crippen molar-refractivity contribution in [3.63, 3.8) is 0 Å². The summed E-state index contributed by atoms with van der Waals surface area (Å²) in [6.45, 7) is 0. The second-order valence-corrected chi connectivity index (χ2v) is 4.61. The minimum Gasteiger partial charge on any atom is -0.289 e. The first-order valence-electron chi connectivity index (χ1n) is 6.01. The van der Waals surface area contributed by atoms with E-state index in [9.17, 15) is 4.79 Å². The van der Waals surface area contributed by atoms with Crippen molar-refractivity contribution in [1.82, 2.24) is 0 Å². The average Bonchev–Trinajstić information content (AvgIpc) is 2.42. The van der Waals surface area contributed by atoms with E-state index in [1.165, 1.54) is 16.3 Å². The summed E-state index contributed by atoms with van der Waals surface area (Å²) in [6.07, 6.45) is 3.61. The van der Waals surface area contributed by atoms with Crippen molar-refractivity contribution < 1.29 is 4.79 Å². The van der Waals surface area contributed by atoms with Crippen molar-refractivity contribution in [2.75, 3.05) is 0 Å². The molecule has 0 unspecified atom stereocenters. The summed E-state index contributed by atoms with van der Waals surface area (Å²) in [6, 6.07) is 16.4. The number of benzene rings is 3. The third-order valence-corrected chi connectivity index (χ3v) is 3.59. The zero-order valence-corrected chi connectivity index (χ0v) is 9.68. The Morgan fingerprint density at radius 3 is 2.56 bits per heavy atom. The first-order chi connectivity index (χ1) is 8.84. The van der Waals surface area contributed by atoms with Crippen LogP contribution in [0.25, 0.3) is 27.6 Å². The Labute approximate surface area is 104 Å². The Morgan fingerprint density at radius 1 is 0.778 bits per heavy atom. The van der Waals surface area contributed by atoms with Crippen LogP contribution >= 0.6 is 0 Å². The van der Waals surface area contributed by atoms with Gasteiger partial charge in [-0.1, -0.05) is 42.5 Å². The van der Waals surface area contributed by atoms with E-state index in [1.807, 2.05) is 30.3 Å². The second kappa shape index (κ2) is 3.30. The first kappa shape index (κ1) is 9.60. The van der Waals surface area contributed by atoms with Gasteiger partial charge < -0.3 is 0 Å². The molecule has 0 spiro atoms. The minimum atomic E-state index is 0.100. The van der Waals surface area contributed by atoms with Gasteiger partial charge in [-0.2, -0.15) is 0 Å². The molecule has 1 aliphatic carbocycles. The van der Waals surface area contributed by atoms with Crippen molar-refractivity contribution in [2.45, 2.75) is 0 Å². The Hall–Kier alpha value is -2.41. The highest BCUT2D eigenvalue weighted by Crippen LogP contribution is 2.34. The lowest BCUT2D eigenvalue weighted by atomic mass is 9.88. The van der Waals surface area contributed by atoms with Crippen molar-refractivity contribution in [3.05, 3.63) is 65.7 Å². The first-order valence-corrected chi connectivity index (χ1v) is 6.01. The predicted molar refractivity (Wildman–Crippen MR) is 74.8 cm³/mol. The fourth-order valence-corrected chi connectivity index (χ4v) is 2.79. The molecule has 84 valence electrons. The molecule has 1 aliphatic rings. The van der Waals surface area contributed by atoms with Crippen molar-refractivity contribution in [1.29, 1.82) is 0 Å². The van der Waals surface area contributed by atoms with Crippen LogP contribution < -0.4 is 0 Å². The van der Waals surface area contributed by atoms with Crippen LogP contribution in [-0.2, 0) is 0 Å². The van der Waals surface area contributed by atoms with Crippen LogP contribution in [0.4, 0.5) is 0 Å². The average molecular weight is 230 g/mol. The lowest BCUT2D eigenvalue weighted by Gasteiger charge is -2.14. The van der Waals surface area contributed by atoms with Gasteiger partial charge in [-0.3, -0.25) is 4.79 Å². The van der Waals surface area contributed by atoms with Gasteiger partial charge in [-0.15, -0.1) is 0 Å². The van der Waals surface area contributed by atoms with E-state index in [-0.39, 0.29) is 5.78 Å². The summed E-state index contributed by atoms with van der Waals surface area (Å²) in [5.41, 5.74) is 1.98. The fourth-order valence-electron chi connectivity index (χ4n) is 2.79. The Kier molecular flexibility index (Phi) is 1.76. The van der Waals surface area contributed by atoms with Gasteiger partial charge in [0.2, 0.25) is 0 Å². The molecule has 1 heteroatoms. The molecule has 0 saturated carbocycles. The normalized spacial score (nSPS) is 13.4. The molecule has 0 aromatic heterocycles. The number of rotatable bonds is 0. The molecule has 0 amide bonds. The van der Waals surface area contributed by atoms with E-state index in [0.717, 1.165) is 16.3 Å². The zero-order chi connectivity index (χ0) is 12.1. The van der Waals surface area contributed by atoms with Gasteiger partial charge in [-0.05, 0) is 39.9 Å². The van der Waals surface area contributed by atoms with Crippen LogP contribution in [0.2, 0.25) is 0 Å². The van der Waals surface area contributed by atoms with Gasteiger partial charge in [0, 0.05) is 10.9 Å². The lowest BCUT2D eigenvalue weighted by Crippen LogP contribution is -2.01. The number of hydrogen-bond donors (Lipinski definition) is 0. The van der Waals surface area contributed by atoms with Crippen LogP contribution in [0.3, 0.4) is 0 Å². The van der Waals surface area contributed by atoms with Gasteiger partial charge in [-0.25, -0.2) is 0 Å². The van der Waals surface area contributed by atoms with Crippen molar-refractivity contribution in [2.24, 2.45) is 0 Å². The van der Waals surface area contributed by atoms with Crippen molar-refractivity contribution in [3.8, 4) is 0 Å². The van der Waals surface area contributed by atoms with E-state index in [0.29, 0.717) is 0 Å². The largest absolute Gasteiger partial charge is 0.289 e. The van der Waals surface area contributed by atoms with Gasteiger partial charge in [0.05, 0.1) is 0 Å². The molecule has 4 rings (SSSR count). The molecule has 0 radical (unpaired) electrons. The monoisotopic (exact) mass is 230 g/mol. The summed E-state index contributed by atoms with van der Waals surface area (Å²) >= 11 is 0. The van der Waals surface area contributed by atoms with Crippen LogP contribution in [0.15, 0.2) is 54.6 Å². The molecule has 0 atom stereocenters. The second-order valence-electron chi connectivity index (χ2n) is 4.61. The van der Waals surface area contributed by atoms with Gasteiger partial charge >= 0.3 is 0 Å². The van der Waals surface area contributed by atoms with Crippen molar-refractivity contribution >= 4 is 33.4 Å². The molecule has 0 aliphatic heterocycles. The summed E-state index contributed by atoms with van der Waals surface area (Å²) in [5.74, 6) is 0.100. The van der Waals surface area contributed by atoms with E-state index < -0.39 is 0 Å². The van der Waals surface area contributed by atoms with Gasteiger partial charge in [0.1, 0.15) is 0 Å². The maximum atomic E-state index is 11.9. The highest BCUT2D eigenvalue weighted by molar-refractivity contribution is 6.23. The third-order valence-electron chi connectivity index (χ3n) is 3.59.